The fourth-order valence-corrected chi connectivity index (χ4v) is 3.44. The minimum absolute atomic E-state index is 0.0214. The van der Waals surface area contributed by atoms with Gasteiger partial charge in [0.25, 0.3) is 0 Å². The molecule has 36 heavy (non-hydrogen) atoms. The lowest BCUT2D eigenvalue weighted by molar-refractivity contribution is -0.293. The standard InChI is InChI=1S/C24H25N3O9/c1-32-23(31)19-17(28)18(34-21(29)15-9-4-2-5-10-15)20(24(36-19)33-14-8-13-26-27-25)35-22(30)16-11-6-3-7-12-16/h2-7,9-12,17-20,24,28H,8,13-14H2,1H3/t17-,18-,19-,20+,24+/m0/s1. The lowest BCUT2D eigenvalue weighted by Gasteiger charge is -2.42. The number of aliphatic hydroxyl groups is 1. The molecule has 0 saturated carbocycles. The molecule has 3 rings (SSSR count). The Bertz CT molecular complexity index is 1080. The largest absolute Gasteiger partial charge is 0.467 e. The summed E-state index contributed by atoms with van der Waals surface area (Å²) in [6.07, 6.45) is -7.50. The van der Waals surface area contributed by atoms with Crippen LogP contribution in [-0.2, 0) is 28.5 Å². The molecule has 1 aliphatic rings. The zero-order chi connectivity index (χ0) is 25.9. The van der Waals surface area contributed by atoms with Crippen molar-refractivity contribution in [3.63, 3.8) is 0 Å². The van der Waals surface area contributed by atoms with Crippen LogP contribution in [0.15, 0.2) is 65.8 Å². The highest BCUT2D eigenvalue weighted by molar-refractivity contribution is 5.90. The molecule has 1 N–H and O–H groups in total. The van der Waals surface area contributed by atoms with Crippen molar-refractivity contribution in [2.24, 2.45) is 5.11 Å². The number of aliphatic hydroxyl groups excluding tert-OH is 1. The lowest BCUT2D eigenvalue weighted by atomic mass is 9.98. The van der Waals surface area contributed by atoms with Gasteiger partial charge in [-0.05, 0) is 36.2 Å². The molecule has 1 aliphatic heterocycles. The molecule has 0 amide bonds. The van der Waals surface area contributed by atoms with Crippen LogP contribution in [0.4, 0.5) is 0 Å². The maximum Gasteiger partial charge on any atom is 0.338 e. The summed E-state index contributed by atoms with van der Waals surface area (Å²) in [7, 11) is 1.10. The SMILES string of the molecule is COC(=O)[C@H]1O[C@@H](OCCCN=[N+]=[N-])[C@H](OC(=O)c2ccccc2)[C@@H](OC(=O)c2ccccc2)[C@@H]1O. The van der Waals surface area contributed by atoms with Crippen molar-refractivity contribution in [2.45, 2.75) is 37.1 Å². The van der Waals surface area contributed by atoms with Crippen LogP contribution in [0.1, 0.15) is 27.1 Å². The normalized spacial score (nSPS) is 23.1. The zero-order valence-electron chi connectivity index (χ0n) is 19.3. The van der Waals surface area contributed by atoms with E-state index in [-0.39, 0.29) is 30.7 Å². The third kappa shape index (κ3) is 6.80. The molecular weight excluding hydrogens is 474 g/mol. The number of hydrogen-bond donors (Lipinski definition) is 1. The molecule has 1 saturated heterocycles. The van der Waals surface area contributed by atoms with Crippen molar-refractivity contribution in [3.05, 3.63) is 82.2 Å². The molecule has 0 unspecified atom stereocenters. The Kier molecular flexibility index (Phi) is 9.78. The van der Waals surface area contributed by atoms with E-state index in [1.165, 1.54) is 24.3 Å². The average molecular weight is 499 g/mol. The Balaban J connectivity index is 1.91. The van der Waals surface area contributed by atoms with Crippen molar-refractivity contribution in [2.75, 3.05) is 20.3 Å². The van der Waals surface area contributed by atoms with Gasteiger partial charge in [0.15, 0.2) is 24.6 Å². The first-order valence-corrected chi connectivity index (χ1v) is 11.0. The molecule has 5 atom stereocenters. The molecule has 190 valence electrons. The Labute approximate surface area is 206 Å². The second kappa shape index (κ2) is 13.2. The third-order valence-corrected chi connectivity index (χ3v) is 5.21. The van der Waals surface area contributed by atoms with Gasteiger partial charge in [0.05, 0.1) is 24.8 Å². The Morgan fingerprint density at radius 3 is 2.06 bits per heavy atom. The van der Waals surface area contributed by atoms with Crippen molar-refractivity contribution in [1.29, 1.82) is 0 Å². The molecule has 0 spiro atoms. The van der Waals surface area contributed by atoms with Gasteiger partial charge in [-0.15, -0.1) is 0 Å². The van der Waals surface area contributed by atoms with E-state index in [0.29, 0.717) is 0 Å². The van der Waals surface area contributed by atoms with Crippen LogP contribution in [0, 0.1) is 0 Å². The summed E-state index contributed by atoms with van der Waals surface area (Å²) >= 11 is 0. The minimum atomic E-state index is -1.75. The summed E-state index contributed by atoms with van der Waals surface area (Å²) in [5, 5.41) is 14.3. The number of rotatable bonds is 10. The average Bonchev–Trinajstić information content (AvgIpc) is 2.91. The van der Waals surface area contributed by atoms with E-state index in [9.17, 15) is 19.5 Å². The highest BCUT2D eigenvalue weighted by Gasteiger charge is 2.53. The molecule has 2 aromatic carbocycles. The number of carbonyl (C=O) groups excluding carboxylic acids is 3. The van der Waals surface area contributed by atoms with E-state index in [1.807, 2.05) is 0 Å². The number of esters is 3. The fraction of sp³-hybridized carbons (Fsp3) is 0.375. The Morgan fingerprint density at radius 2 is 1.53 bits per heavy atom. The van der Waals surface area contributed by atoms with Crippen LogP contribution >= 0.6 is 0 Å². The lowest BCUT2D eigenvalue weighted by Crippen LogP contribution is -2.63. The van der Waals surface area contributed by atoms with Gasteiger partial charge in [-0.2, -0.15) is 0 Å². The van der Waals surface area contributed by atoms with Crippen LogP contribution < -0.4 is 0 Å². The van der Waals surface area contributed by atoms with Gasteiger partial charge in [0.1, 0.15) is 6.10 Å². The summed E-state index contributed by atoms with van der Waals surface area (Å²) in [5.74, 6) is -2.57. The number of benzene rings is 2. The molecule has 2 aromatic rings. The van der Waals surface area contributed by atoms with E-state index in [1.54, 1.807) is 36.4 Å². The smallest absolute Gasteiger partial charge is 0.338 e. The highest BCUT2D eigenvalue weighted by Crippen LogP contribution is 2.29. The summed E-state index contributed by atoms with van der Waals surface area (Å²) in [6, 6.07) is 16.0. The quantitative estimate of drug-likeness (QED) is 0.129. The Hall–Kier alpha value is -3.96. The van der Waals surface area contributed by atoms with Crippen LogP contribution in [0.25, 0.3) is 10.4 Å². The third-order valence-electron chi connectivity index (χ3n) is 5.21. The molecule has 1 fully saturated rings. The van der Waals surface area contributed by atoms with Gasteiger partial charge >= 0.3 is 17.9 Å². The predicted molar refractivity (Wildman–Crippen MR) is 123 cm³/mol. The van der Waals surface area contributed by atoms with Gasteiger partial charge in [-0.1, -0.05) is 41.5 Å². The highest BCUT2D eigenvalue weighted by atomic mass is 16.7. The fourth-order valence-electron chi connectivity index (χ4n) is 3.44. The monoisotopic (exact) mass is 499 g/mol. The van der Waals surface area contributed by atoms with Gasteiger partial charge in [0, 0.05) is 11.5 Å². The number of nitrogens with zero attached hydrogens (tertiary/aromatic N) is 3. The summed E-state index contributed by atoms with van der Waals surface area (Å²) in [6.45, 7) is 0.0968. The van der Waals surface area contributed by atoms with E-state index in [0.717, 1.165) is 7.11 Å². The van der Waals surface area contributed by atoms with Gasteiger partial charge in [0.2, 0.25) is 0 Å². The van der Waals surface area contributed by atoms with Crippen molar-refractivity contribution in [1.82, 2.24) is 0 Å². The van der Waals surface area contributed by atoms with Crippen LogP contribution in [0.2, 0.25) is 0 Å². The van der Waals surface area contributed by atoms with Crippen LogP contribution in [-0.4, -0.2) is 74.0 Å². The van der Waals surface area contributed by atoms with Crippen molar-refractivity contribution >= 4 is 17.9 Å². The second-order valence-electron chi connectivity index (χ2n) is 7.59. The van der Waals surface area contributed by atoms with E-state index < -0.39 is 48.6 Å². The molecule has 0 bridgehead atoms. The molecule has 12 nitrogen and oxygen atoms in total. The number of hydrogen-bond acceptors (Lipinski definition) is 10. The molecule has 0 aromatic heterocycles. The summed E-state index contributed by atoms with van der Waals surface area (Å²) < 4.78 is 27.1. The maximum atomic E-state index is 12.9. The minimum Gasteiger partial charge on any atom is -0.467 e. The topological polar surface area (TPSA) is 166 Å². The molecular formula is C24H25N3O9. The van der Waals surface area contributed by atoms with E-state index in [4.69, 9.17) is 29.2 Å². The first-order valence-electron chi connectivity index (χ1n) is 11.0. The van der Waals surface area contributed by atoms with Crippen molar-refractivity contribution in [3.8, 4) is 0 Å². The molecule has 12 heteroatoms. The number of azide groups is 1. The van der Waals surface area contributed by atoms with Crippen LogP contribution in [0.3, 0.4) is 0 Å². The number of methoxy groups -OCH3 is 1. The number of ether oxygens (including phenoxy) is 5. The second-order valence-corrected chi connectivity index (χ2v) is 7.59. The van der Waals surface area contributed by atoms with Gasteiger partial charge < -0.3 is 28.8 Å². The molecule has 0 aliphatic carbocycles. The van der Waals surface area contributed by atoms with Crippen molar-refractivity contribution < 1.29 is 43.2 Å². The Morgan fingerprint density at radius 1 is 0.972 bits per heavy atom. The molecule has 0 radical (unpaired) electrons. The van der Waals surface area contributed by atoms with Gasteiger partial charge in [-0.25, -0.2) is 14.4 Å². The first-order chi connectivity index (χ1) is 17.5. The van der Waals surface area contributed by atoms with E-state index >= 15 is 0 Å². The predicted octanol–water partition coefficient (Wildman–Crippen LogP) is 2.41. The maximum absolute atomic E-state index is 12.9. The number of carbonyl (C=O) groups is 3. The molecule has 1 heterocycles. The van der Waals surface area contributed by atoms with Gasteiger partial charge in [-0.3, -0.25) is 0 Å². The van der Waals surface area contributed by atoms with Crippen LogP contribution in [0.5, 0.6) is 0 Å². The van der Waals surface area contributed by atoms with E-state index in [2.05, 4.69) is 10.0 Å². The summed E-state index contributed by atoms with van der Waals surface area (Å²) in [4.78, 5) is 40.7. The zero-order valence-corrected chi connectivity index (χ0v) is 19.3. The first kappa shape index (κ1) is 26.6. The summed E-state index contributed by atoms with van der Waals surface area (Å²) in [5.41, 5.74) is 8.80.